The fourth-order valence-corrected chi connectivity index (χ4v) is 2.75. The molecule has 0 aliphatic heterocycles. The molecule has 7 nitrogen and oxygen atoms in total. The summed E-state index contributed by atoms with van der Waals surface area (Å²) in [6.45, 7) is 2.07. The number of nitrogens with zero attached hydrogens (tertiary/aromatic N) is 2. The quantitative estimate of drug-likeness (QED) is 0.716. The zero-order chi connectivity index (χ0) is 13.9. The lowest BCUT2D eigenvalue weighted by atomic mass is 10.3. The number of aromatic nitrogens is 3. The van der Waals surface area contributed by atoms with Gasteiger partial charge in [0.1, 0.15) is 0 Å². The lowest BCUT2D eigenvalue weighted by Gasteiger charge is -2.06. The number of nitrogens with two attached hydrogens (primary N) is 1. The largest absolute Gasteiger partial charge is 0.326 e. The summed E-state index contributed by atoms with van der Waals surface area (Å²) in [5.41, 5.74) is 7.39. The molecule has 19 heavy (non-hydrogen) atoms. The Morgan fingerprint density at radius 1 is 1.42 bits per heavy atom. The van der Waals surface area contributed by atoms with E-state index in [0.29, 0.717) is 11.3 Å². The predicted molar refractivity (Wildman–Crippen MR) is 69.5 cm³/mol. The second-order valence-corrected chi connectivity index (χ2v) is 5.73. The first-order valence-electron chi connectivity index (χ1n) is 5.67. The number of pyridine rings is 1. The van der Waals surface area contributed by atoms with Crippen LogP contribution in [0.1, 0.15) is 17.0 Å². The average Bonchev–Trinajstić information content (AvgIpc) is 2.86. The second kappa shape index (κ2) is 5.47. The van der Waals surface area contributed by atoms with Crippen molar-refractivity contribution >= 4 is 10.0 Å². The van der Waals surface area contributed by atoms with Crippen LogP contribution < -0.4 is 10.5 Å². The molecule has 0 saturated heterocycles. The molecule has 0 fully saturated rings. The van der Waals surface area contributed by atoms with E-state index >= 15 is 0 Å². The smallest absolute Gasteiger partial charge is 0.258 e. The summed E-state index contributed by atoms with van der Waals surface area (Å²) >= 11 is 0. The third-order valence-corrected chi connectivity index (χ3v) is 3.97. The van der Waals surface area contributed by atoms with Crippen LogP contribution in [0.3, 0.4) is 0 Å². The third-order valence-electron chi connectivity index (χ3n) is 2.56. The summed E-state index contributed by atoms with van der Waals surface area (Å²) in [6.07, 6.45) is 1.40. The van der Waals surface area contributed by atoms with E-state index in [2.05, 4.69) is 19.9 Å². The van der Waals surface area contributed by atoms with Crippen molar-refractivity contribution in [3.63, 3.8) is 0 Å². The van der Waals surface area contributed by atoms with Gasteiger partial charge in [0.2, 0.25) is 0 Å². The molecule has 4 N–H and O–H groups in total. The van der Waals surface area contributed by atoms with E-state index in [4.69, 9.17) is 5.73 Å². The van der Waals surface area contributed by atoms with Crippen molar-refractivity contribution in [2.24, 2.45) is 5.73 Å². The molecule has 0 atom stereocenters. The van der Waals surface area contributed by atoms with Gasteiger partial charge in [-0.1, -0.05) is 6.07 Å². The minimum absolute atomic E-state index is 0.00246. The van der Waals surface area contributed by atoms with Gasteiger partial charge in [0.05, 0.1) is 18.4 Å². The molecule has 0 aliphatic carbocycles. The Bertz CT molecular complexity index is 665. The highest BCUT2D eigenvalue weighted by Crippen LogP contribution is 2.11. The Labute approximate surface area is 111 Å². The first-order valence-corrected chi connectivity index (χ1v) is 7.16. The summed E-state index contributed by atoms with van der Waals surface area (Å²) in [4.78, 5) is 4.22. The fraction of sp³-hybridized carbons (Fsp3) is 0.273. The number of nitrogens with one attached hydrogen (secondary N) is 2. The van der Waals surface area contributed by atoms with Crippen molar-refractivity contribution in [2.75, 3.05) is 0 Å². The van der Waals surface area contributed by atoms with Crippen LogP contribution in [0.4, 0.5) is 0 Å². The zero-order valence-electron chi connectivity index (χ0n) is 10.4. The van der Waals surface area contributed by atoms with E-state index in [1.54, 1.807) is 6.07 Å². The van der Waals surface area contributed by atoms with Gasteiger partial charge < -0.3 is 5.73 Å². The van der Waals surface area contributed by atoms with Gasteiger partial charge in [-0.3, -0.25) is 10.1 Å². The Morgan fingerprint density at radius 2 is 2.21 bits per heavy atom. The van der Waals surface area contributed by atoms with Crippen molar-refractivity contribution in [3.8, 4) is 0 Å². The SMILES string of the molecule is Cc1cccc(CNS(=O)(=O)c2[nH]ncc2CN)n1. The Hall–Kier alpha value is -1.77. The number of sulfonamides is 1. The Balaban J connectivity index is 2.14. The summed E-state index contributed by atoms with van der Waals surface area (Å²) in [6, 6.07) is 5.43. The topological polar surface area (TPSA) is 114 Å². The number of hydrogen-bond donors (Lipinski definition) is 3. The zero-order valence-corrected chi connectivity index (χ0v) is 11.2. The van der Waals surface area contributed by atoms with Crippen LogP contribution >= 0.6 is 0 Å². The molecular formula is C11H15N5O2S. The number of H-pyrrole nitrogens is 1. The number of aryl methyl sites for hydroxylation is 1. The molecule has 0 amide bonds. The van der Waals surface area contributed by atoms with Gasteiger partial charge in [-0.2, -0.15) is 5.10 Å². The van der Waals surface area contributed by atoms with Gasteiger partial charge in [0.25, 0.3) is 10.0 Å². The lowest BCUT2D eigenvalue weighted by molar-refractivity contribution is 0.574. The van der Waals surface area contributed by atoms with E-state index in [1.807, 2.05) is 19.1 Å². The molecule has 2 heterocycles. The molecule has 0 aromatic carbocycles. The molecule has 102 valence electrons. The summed E-state index contributed by atoms with van der Waals surface area (Å²) in [7, 11) is -3.66. The van der Waals surface area contributed by atoms with E-state index in [1.165, 1.54) is 6.20 Å². The van der Waals surface area contributed by atoms with E-state index in [-0.39, 0.29) is 18.1 Å². The maximum atomic E-state index is 12.1. The van der Waals surface area contributed by atoms with E-state index < -0.39 is 10.0 Å². The number of rotatable bonds is 5. The first-order chi connectivity index (χ1) is 9.03. The normalized spacial score (nSPS) is 11.7. The molecule has 0 spiro atoms. The Kier molecular flexibility index (Phi) is 3.93. The number of hydrogen-bond acceptors (Lipinski definition) is 5. The predicted octanol–water partition coefficient (Wildman–Crippen LogP) is 0.0503. The van der Waals surface area contributed by atoms with Crippen LogP contribution in [0, 0.1) is 6.92 Å². The summed E-state index contributed by atoms with van der Waals surface area (Å²) in [5, 5.41) is 6.13. The molecule has 2 rings (SSSR count). The van der Waals surface area contributed by atoms with Gasteiger partial charge in [0, 0.05) is 17.8 Å². The fourth-order valence-electron chi connectivity index (χ4n) is 1.62. The van der Waals surface area contributed by atoms with Crippen LogP contribution in [0.25, 0.3) is 0 Å². The van der Waals surface area contributed by atoms with Gasteiger partial charge in [-0.15, -0.1) is 0 Å². The molecular weight excluding hydrogens is 266 g/mol. The van der Waals surface area contributed by atoms with Gasteiger partial charge >= 0.3 is 0 Å². The lowest BCUT2D eigenvalue weighted by Crippen LogP contribution is -2.25. The van der Waals surface area contributed by atoms with Crippen molar-refractivity contribution in [2.45, 2.75) is 25.0 Å². The second-order valence-electron chi connectivity index (χ2n) is 4.02. The standard InChI is InChI=1S/C11H15N5O2S/c1-8-3-2-4-10(15-8)7-14-19(17,18)11-9(5-12)6-13-16-11/h2-4,6,14H,5,7,12H2,1H3,(H,13,16). The number of aromatic amines is 1. The van der Waals surface area contributed by atoms with Crippen molar-refractivity contribution in [1.82, 2.24) is 19.9 Å². The van der Waals surface area contributed by atoms with Crippen LogP contribution in [0.5, 0.6) is 0 Å². The molecule has 0 unspecified atom stereocenters. The van der Waals surface area contributed by atoms with Gasteiger partial charge in [-0.05, 0) is 19.1 Å². The highest BCUT2D eigenvalue weighted by Gasteiger charge is 2.19. The van der Waals surface area contributed by atoms with Gasteiger partial charge in [0.15, 0.2) is 5.03 Å². The van der Waals surface area contributed by atoms with Crippen molar-refractivity contribution in [1.29, 1.82) is 0 Å². The molecule has 8 heteroatoms. The highest BCUT2D eigenvalue weighted by atomic mass is 32.2. The van der Waals surface area contributed by atoms with Crippen molar-refractivity contribution in [3.05, 3.63) is 41.3 Å². The molecule has 0 saturated carbocycles. The van der Waals surface area contributed by atoms with Crippen LogP contribution in [-0.4, -0.2) is 23.6 Å². The third kappa shape index (κ3) is 3.16. The summed E-state index contributed by atoms with van der Waals surface area (Å²) < 4.78 is 26.6. The first kappa shape index (κ1) is 13.7. The Morgan fingerprint density at radius 3 is 2.89 bits per heavy atom. The van der Waals surface area contributed by atoms with Crippen LogP contribution in [0.15, 0.2) is 29.4 Å². The van der Waals surface area contributed by atoms with Gasteiger partial charge in [-0.25, -0.2) is 13.1 Å². The minimum Gasteiger partial charge on any atom is -0.326 e. The molecule has 0 aliphatic rings. The molecule has 0 bridgehead atoms. The average molecular weight is 281 g/mol. The minimum atomic E-state index is -3.66. The van der Waals surface area contributed by atoms with Crippen LogP contribution in [0.2, 0.25) is 0 Å². The summed E-state index contributed by atoms with van der Waals surface area (Å²) in [5.74, 6) is 0. The molecule has 0 radical (unpaired) electrons. The maximum absolute atomic E-state index is 12.1. The molecule has 2 aromatic heterocycles. The van der Waals surface area contributed by atoms with E-state index in [9.17, 15) is 8.42 Å². The monoisotopic (exact) mass is 281 g/mol. The van der Waals surface area contributed by atoms with E-state index in [0.717, 1.165) is 5.69 Å². The maximum Gasteiger partial charge on any atom is 0.258 e. The highest BCUT2D eigenvalue weighted by molar-refractivity contribution is 7.89. The molecule has 2 aromatic rings. The van der Waals surface area contributed by atoms with Crippen molar-refractivity contribution < 1.29 is 8.42 Å². The van der Waals surface area contributed by atoms with Crippen LogP contribution in [-0.2, 0) is 23.1 Å².